The lowest BCUT2D eigenvalue weighted by Crippen LogP contribution is -2.68. The third-order valence-corrected chi connectivity index (χ3v) is 13.2. The second kappa shape index (κ2) is 13.6. The Labute approximate surface area is 272 Å². The summed E-state index contributed by atoms with van der Waals surface area (Å²) >= 11 is 0. The van der Waals surface area contributed by atoms with Gasteiger partial charge < -0.3 is 19.2 Å². The molecule has 0 radical (unpaired) electrons. The first kappa shape index (κ1) is 35.3. The van der Waals surface area contributed by atoms with E-state index in [1.807, 2.05) is 36.4 Å². The molecule has 1 aliphatic heterocycles. The van der Waals surface area contributed by atoms with E-state index in [2.05, 4.69) is 50.4 Å². The minimum absolute atomic E-state index is 0.0148. The molecule has 0 saturated carbocycles. The van der Waals surface area contributed by atoms with Gasteiger partial charge in [-0.15, -0.1) is 0 Å². The highest BCUT2D eigenvalue weighted by molar-refractivity contribution is 6.99. The molecule has 1 N–H and O–H groups in total. The maximum atomic E-state index is 14.6. The van der Waals surface area contributed by atoms with Crippen LogP contribution in [0, 0.1) is 11.6 Å². The zero-order chi connectivity index (χ0) is 33.9. The average Bonchev–Trinajstić information content (AvgIpc) is 2.96. The van der Waals surface area contributed by atoms with Crippen molar-refractivity contribution in [1.82, 2.24) is 10.2 Å². The number of amides is 2. The third kappa shape index (κ3) is 7.85. The van der Waals surface area contributed by atoms with Crippen LogP contribution >= 0.6 is 0 Å². The van der Waals surface area contributed by atoms with Gasteiger partial charge >= 0.3 is 6.09 Å². The molecule has 10 heteroatoms. The van der Waals surface area contributed by atoms with E-state index >= 15 is 0 Å². The predicted octanol–water partition coefficient (Wildman–Crippen LogP) is 5.90. The highest BCUT2D eigenvalue weighted by Crippen LogP contribution is 2.37. The second-order valence-electron chi connectivity index (χ2n) is 14.3. The molecule has 46 heavy (non-hydrogen) atoms. The number of rotatable bonds is 8. The van der Waals surface area contributed by atoms with Crippen molar-refractivity contribution in [2.45, 2.75) is 83.7 Å². The maximum Gasteiger partial charge on any atom is 0.410 e. The van der Waals surface area contributed by atoms with Gasteiger partial charge in [0.25, 0.3) is 14.2 Å². The summed E-state index contributed by atoms with van der Waals surface area (Å²) in [5.41, 5.74) is -1.84. The van der Waals surface area contributed by atoms with Gasteiger partial charge in [0.05, 0.1) is 31.3 Å². The molecule has 1 heterocycles. The Morgan fingerprint density at radius 2 is 1.46 bits per heavy atom. The van der Waals surface area contributed by atoms with Gasteiger partial charge in [-0.2, -0.15) is 0 Å². The SMILES string of the molecule is CC(C)(C)OC(=O)N1C[C@@H](C(=O)NC(C)(C)c2ccc(F)cc2F)OC[C@H]1CO[Si](c1ccccc1)(c1ccccc1)C(C)(C)C. The first-order valence-corrected chi connectivity index (χ1v) is 17.5. The summed E-state index contributed by atoms with van der Waals surface area (Å²) in [6.07, 6.45) is -1.65. The summed E-state index contributed by atoms with van der Waals surface area (Å²) in [6.45, 7) is 15.2. The molecule has 0 aliphatic carbocycles. The first-order chi connectivity index (χ1) is 21.4. The fraction of sp³-hybridized carbons (Fsp3) is 0.444. The van der Waals surface area contributed by atoms with Crippen molar-refractivity contribution in [1.29, 1.82) is 0 Å². The Balaban J connectivity index is 1.62. The molecule has 248 valence electrons. The second-order valence-corrected chi connectivity index (χ2v) is 18.6. The number of ether oxygens (including phenoxy) is 2. The Morgan fingerprint density at radius 3 is 1.96 bits per heavy atom. The molecule has 4 rings (SSSR count). The van der Waals surface area contributed by atoms with Crippen LogP contribution < -0.4 is 15.7 Å². The maximum absolute atomic E-state index is 14.6. The number of nitrogens with zero attached hydrogens (tertiary/aromatic N) is 1. The quantitative estimate of drug-likeness (QED) is 0.307. The van der Waals surface area contributed by atoms with Gasteiger partial charge in [0.15, 0.2) is 6.10 Å². The van der Waals surface area contributed by atoms with Crippen molar-refractivity contribution in [3.8, 4) is 0 Å². The number of hydrogen-bond donors (Lipinski definition) is 1. The lowest BCUT2D eigenvalue weighted by molar-refractivity contribution is -0.144. The molecular weight excluding hydrogens is 606 g/mol. The fourth-order valence-corrected chi connectivity index (χ4v) is 10.6. The van der Waals surface area contributed by atoms with Crippen LogP contribution in [0.5, 0.6) is 0 Å². The summed E-state index contributed by atoms with van der Waals surface area (Å²) in [5.74, 6) is -2.02. The number of hydrogen-bond acceptors (Lipinski definition) is 5. The zero-order valence-corrected chi connectivity index (χ0v) is 29.0. The normalized spacial score (nSPS) is 17.8. The van der Waals surface area contributed by atoms with Gasteiger partial charge in [0, 0.05) is 11.6 Å². The fourth-order valence-electron chi connectivity index (χ4n) is 5.97. The smallest absolute Gasteiger partial charge is 0.410 e. The summed E-state index contributed by atoms with van der Waals surface area (Å²) in [5, 5.41) is 4.73. The van der Waals surface area contributed by atoms with Crippen molar-refractivity contribution in [2.75, 3.05) is 19.8 Å². The summed E-state index contributed by atoms with van der Waals surface area (Å²) in [7, 11) is -2.94. The molecule has 3 aromatic carbocycles. The van der Waals surface area contributed by atoms with Gasteiger partial charge in [0.1, 0.15) is 17.2 Å². The van der Waals surface area contributed by atoms with E-state index in [9.17, 15) is 18.4 Å². The summed E-state index contributed by atoms with van der Waals surface area (Å²) in [4.78, 5) is 28.6. The van der Waals surface area contributed by atoms with E-state index in [1.165, 1.54) is 11.0 Å². The third-order valence-electron chi connectivity index (χ3n) is 8.16. The minimum atomic E-state index is -2.94. The Morgan fingerprint density at radius 1 is 0.891 bits per heavy atom. The number of halogens is 2. The number of carbonyl (C=O) groups is 2. The van der Waals surface area contributed by atoms with Gasteiger partial charge in [-0.05, 0) is 56.1 Å². The van der Waals surface area contributed by atoms with Gasteiger partial charge in [-0.1, -0.05) is 87.5 Å². The van der Waals surface area contributed by atoms with E-state index in [1.54, 1.807) is 34.6 Å². The summed E-state index contributed by atoms with van der Waals surface area (Å²) in [6, 6.07) is 23.1. The average molecular weight is 653 g/mol. The van der Waals surface area contributed by atoms with Gasteiger partial charge in [-0.3, -0.25) is 9.69 Å². The molecule has 0 aromatic heterocycles. The van der Waals surface area contributed by atoms with Crippen molar-refractivity contribution >= 4 is 30.7 Å². The van der Waals surface area contributed by atoms with Gasteiger partial charge in [0.2, 0.25) is 0 Å². The predicted molar refractivity (Wildman–Crippen MR) is 178 cm³/mol. The molecule has 1 aliphatic rings. The molecule has 1 saturated heterocycles. The van der Waals surface area contributed by atoms with Crippen LogP contribution in [0.3, 0.4) is 0 Å². The topological polar surface area (TPSA) is 77.1 Å². The van der Waals surface area contributed by atoms with E-state index in [4.69, 9.17) is 13.9 Å². The van der Waals surface area contributed by atoms with Crippen molar-refractivity contribution in [2.24, 2.45) is 0 Å². The van der Waals surface area contributed by atoms with Gasteiger partial charge in [-0.25, -0.2) is 13.6 Å². The number of nitrogens with one attached hydrogen (secondary N) is 1. The molecule has 1 fully saturated rings. The molecular formula is C36H46F2N2O5Si. The molecule has 0 spiro atoms. The highest BCUT2D eigenvalue weighted by Gasteiger charge is 2.51. The minimum Gasteiger partial charge on any atom is -0.444 e. The zero-order valence-electron chi connectivity index (χ0n) is 28.0. The van der Waals surface area contributed by atoms with Crippen molar-refractivity contribution < 1.29 is 32.3 Å². The van der Waals surface area contributed by atoms with E-state index in [0.29, 0.717) is 0 Å². The van der Waals surface area contributed by atoms with Crippen molar-refractivity contribution in [3.63, 3.8) is 0 Å². The molecule has 0 bridgehead atoms. The van der Waals surface area contributed by atoms with E-state index in [0.717, 1.165) is 22.5 Å². The Bertz CT molecular complexity index is 1470. The van der Waals surface area contributed by atoms with E-state index < -0.39 is 55.2 Å². The molecule has 2 amide bonds. The Kier molecular flexibility index (Phi) is 10.4. The molecule has 2 atom stereocenters. The van der Waals surface area contributed by atoms with Crippen LogP contribution in [-0.4, -0.2) is 62.7 Å². The lowest BCUT2D eigenvalue weighted by Gasteiger charge is -2.46. The molecule has 0 unspecified atom stereocenters. The van der Waals surface area contributed by atoms with Crippen LogP contribution in [0.15, 0.2) is 78.9 Å². The molecule has 7 nitrogen and oxygen atoms in total. The van der Waals surface area contributed by atoms with E-state index in [-0.39, 0.29) is 30.4 Å². The van der Waals surface area contributed by atoms with Crippen LogP contribution in [-0.2, 0) is 24.2 Å². The van der Waals surface area contributed by atoms with Crippen LogP contribution in [0.4, 0.5) is 13.6 Å². The van der Waals surface area contributed by atoms with Crippen LogP contribution in [0.2, 0.25) is 5.04 Å². The number of benzene rings is 3. The highest BCUT2D eigenvalue weighted by atomic mass is 28.4. The van der Waals surface area contributed by atoms with Crippen molar-refractivity contribution in [3.05, 3.63) is 96.1 Å². The standard InChI is InChI=1S/C36H46F2N2O5Si/c1-34(2,3)45-33(42)40-22-31(32(41)39-36(7,8)29-20-19-25(37)21-30(29)38)43-23-26(40)24-44-46(35(4,5)6,27-15-11-9-12-16-27)28-17-13-10-14-18-28/h9-21,26,31H,22-24H2,1-8H3,(H,39,41)/t26-,31-/m0/s1. The number of carbonyl (C=O) groups excluding carboxylic acids is 2. The monoisotopic (exact) mass is 652 g/mol. The number of morpholine rings is 1. The van der Waals surface area contributed by atoms with Crippen LogP contribution in [0.1, 0.15) is 61.0 Å². The van der Waals surface area contributed by atoms with Crippen LogP contribution in [0.25, 0.3) is 0 Å². The lowest BCUT2D eigenvalue weighted by atomic mass is 9.93. The Hall–Kier alpha value is -3.60. The first-order valence-electron chi connectivity index (χ1n) is 15.6. The largest absolute Gasteiger partial charge is 0.444 e. The summed E-state index contributed by atoms with van der Waals surface area (Å²) < 4.78 is 47.1. The molecule has 3 aromatic rings.